The minimum absolute atomic E-state index is 0.192. The summed E-state index contributed by atoms with van der Waals surface area (Å²) in [4.78, 5) is 15.8. The number of carbonyl (C=O) groups is 1. The lowest BCUT2D eigenvalue weighted by molar-refractivity contribution is -0.145. The van der Waals surface area contributed by atoms with E-state index < -0.39 is 5.97 Å². The first kappa shape index (κ1) is 14.1. The molecule has 4 nitrogen and oxygen atoms in total. The van der Waals surface area contributed by atoms with Crippen molar-refractivity contribution in [2.75, 3.05) is 0 Å². The average molecular weight is 264 g/mol. The van der Waals surface area contributed by atoms with Crippen LogP contribution in [0.1, 0.15) is 45.4 Å². The normalized spacial score (nSPS) is 27.4. The summed E-state index contributed by atoms with van der Waals surface area (Å²) in [6, 6.07) is 0. The van der Waals surface area contributed by atoms with E-state index in [1.807, 2.05) is 12.4 Å². The van der Waals surface area contributed by atoms with E-state index in [-0.39, 0.29) is 11.8 Å². The number of aryl methyl sites for hydroxylation is 1. The predicted molar refractivity (Wildman–Crippen MR) is 73.9 cm³/mol. The van der Waals surface area contributed by atoms with Crippen LogP contribution in [0.25, 0.3) is 0 Å². The highest BCUT2D eigenvalue weighted by Crippen LogP contribution is 2.35. The van der Waals surface area contributed by atoms with Crippen LogP contribution in [0.2, 0.25) is 0 Å². The monoisotopic (exact) mass is 264 g/mol. The zero-order valence-electron chi connectivity index (χ0n) is 11.9. The molecule has 1 aliphatic rings. The minimum Gasteiger partial charge on any atom is -0.481 e. The van der Waals surface area contributed by atoms with Crippen molar-refractivity contribution in [1.29, 1.82) is 0 Å². The van der Waals surface area contributed by atoms with Crippen molar-refractivity contribution in [3.63, 3.8) is 0 Å². The van der Waals surface area contributed by atoms with E-state index in [4.69, 9.17) is 0 Å². The minimum atomic E-state index is -0.634. The van der Waals surface area contributed by atoms with Crippen molar-refractivity contribution < 1.29 is 9.90 Å². The third-order valence-electron chi connectivity index (χ3n) is 4.27. The summed E-state index contributed by atoms with van der Waals surface area (Å²) in [6.07, 6.45) is 8.57. The molecule has 0 spiro atoms. The van der Waals surface area contributed by atoms with Crippen molar-refractivity contribution in [3.05, 3.63) is 18.2 Å². The molecule has 1 N–H and O–H groups in total. The van der Waals surface area contributed by atoms with Crippen LogP contribution in [-0.4, -0.2) is 20.6 Å². The lowest BCUT2D eigenvalue weighted by Gasteiger charge is -2.32. The summed E-state index contributed by atoms with van der Waals surface area (Å²) in [5, 5.41) is 9.37. The van der Waals surface area contributed by atoms with Crippen LogP contribution in [0.3, 0.4) is 0 Å². The van der Waals surface area contributed by atoms with Gasteiger partial charge in [-0.05, 0) is 37.5 Å². The van der Waals surface area contributed by atoms with Gasteiger partial charge in [0.05, 0.1) is 5.92 Å². The van der Waals surface area contributed by atoms with Crippen molar-refractivity contribution in [3.8, 4) is 0 Å². The Morgan fingerprint density at radius 1 is 1.53 bits per heavy atom. The number of imidazole rings is 1. The van der Waals surface area contributed by atoms with E-state index in [2.05, 4.69) is 23.4 Å². The van der Waals surface area contributed by atoms with Gasteiger partial charge in [-0.1, -0.05) is 13.8 Å². The van der Waals surface area contributed by atoms with Crippen LogP contribution in [0, 0.1) is 17.8 Å². The fraction of sp³-hybridized carbons (Fsp3) is 0.733. The molecule has 3 atom stereocenters. The molecule has 1 aliphatic carbocycles. The van der Waals surface area contributed by atoms with Crippen LogP contribution in [0.5, 0.6) is 0 Å². The second-order valence-corrected chi connectivity index (χ2v) is 5.86. The van der Waals surface area contributed by atoms with Gasteiger partial charge in [0.15, 0.2) is 0 Å². The smallest absolute Gasteiger partial charge is 0.306 e. The molecule has 1 heterocycles. The second-order valence-electron chi connectivity index (χ2n) is 5.86. The number of rotatable bonds is 5. The number of carboxylic acids is 1. The van der Waals surface area contributed by atoms with Gasteiger partial charge in [0, 0.05) is 25.4 Å². The Labute approximate surface area is 114 Å². The summed E-state index contributed by atoms with van der Waals surface area (Å²) in [5.41, 5.74) is 0. The number of aliphatic carboxylic acids is 1. The molecule has 4 heteroatoms. The first-order valence-corrected chi connectivity index (χ1v) is 7.34. The third kappa shape index (κ3) is 3.37. The fourth-order valence-corrected chi connectivity index (χ4v) is 3.26. The largest absolute Gasteiger partial charge is 0.481 e. The highest BCUT2D eigenvalue weighted by Gasteiger charge is 2.34. The van der Waals surface area contributed by atoms with Crippen molar-refractivity contribution >= 4 is 5.97 Å². The Balaban J connectivity index is 2.09. The van der Waals surface area contributed by atoms with Gasteiger partial charge in [0.1, 0.15) is 5.82 Å². The molecule has 106 valence electrons. The van der Waals surface area contributed by atoms with Gasteiger partial charge in [-0.2, -0.15) is 0 Å². The van der Waals surface area contributed by atoms with Crippen molar-refractivity contribution in [1.82, 2.24) is 9.55 Å². The van der Waals surface area contributed by atoms with Crippen LogP contribution < -0.4 is 0 Å². The number of hydrogen-bond donors (Lipinski definition) is 1. The van der Waals surface area contributed by atoms with Crippen LogP contribution >= 0.6 is 0 Å². The number of nitrogens with zero attached hydrogens (tertiary/aromatic N) is 2. The molecule has 0 amide bonds. The maximum Gasteiger partial charge on any atom is 0.306 e. The molecule has 0 aromatic carbocycles. The Bertz CT molecular complexity index is 428. The maximum atomic E-state index is 11.4. The quantitative estimate of drug-likeness (QED) is 0.889. The topological polar surface area (TPSA) is 55.1 Å². The van der Waals surface area contributed by atoms with Gasteiger partial charge in [-0.15, -0.1) is 0 Å². The van der Waals surface area contributed by atoms with E-state index in [1.165, 1.54) is 0 Å². The second kappa shape index (κ2) is 6.22. The van der Waals surface area contributed by atoms with E-state index in [0.717, 1.165) is 44.5 Å². The van der Waals surface area contributed by atoms with Crippen LogP contribution in [0.15, 0.2) is 12.4 Å². The fourth-order valence-electron chi connectivity index (χ4n) is 3.26. The molecular weight excluding hydrogens is 240 g/mol. The van der Waals surface area contributed by atoms with Crippen LogP contribution in [0.4, 0.5) is 0 Å². The molecule has 0 saturated heterocycles. The van der Waals surface area contributed by atoms with E-state index in [9.17, 15) is 9.90 Å². The summed E-state index contributed by atoms with van der Waals surface area (Å²) < 4.78 is 2.16. The molecule has 0 radical (unpaired) electrons. The standard InChI is InChI=1S/C15H24N2O2/c1-3-7-17-8-6-16-14(17)10-12-9-11(2)4-5-13(12)15(18)19/h6,8,11-13H,3-5,7,9-10H2,1-2H3,(H,18,19). The number of carboxylic acid groups (broad SMARTS) is 1. The summed E-state index contributed by atoms with van der Waals surface area (Å²) >= 11 is 0. The molecular formula is C15H24N2O2. The van der Waals surface area contributed by atoms with Gasteiger partial charge >= 0.3 is 5.97 Å². The van der Waals surface area contributed by atoms with E-state index in [1.54, 1.807) is 0 Å². The number of aromatic nitrogens is 2. The maximum absolute atomic E-state index is 11.4. The van der Waals surface area contributed by atoms with Gasteiger partial charge in [0.2, 0.25) is 0 Å². The van der Waals surface area contributed by atoms with Gasteiger partial charge in [0.25, 0.3) is 0 Å². The lowest BCUT2D eigenvalue weighted by Crippen LogP contribution is -2.32. The van der Waals surface area contributed by atoms with Gasteiger partial charge < -0.3 is 9.67 Å². The Morgan fingerprint density at radius 2 is 2.32 bits per heavy atom. The average Bonchev–Trinajstić information content (AvgIpc) is 2.77. The van der Waals surface area contributed by atoms with Crippen molar-refractivity contribution in [2.45, 2.75) is 52.5 Å². The van der Waals surface area contributed by atoms with Crippen LogP contribution in [-0.2, 0) is 17.8 Å². The number of hydrogen-bond acceptors (Lipinski definition) is 2. The van der Waals surface area contributed by atoms with Gasteiger partial charge in [-0.3, -0.25) is 4.79 Å². The molecule has 2 rings (SSSR count). The Morgan fingerprint density at radius 3 is 3.00 bits per heavy atom. The van der Waals surface area contributed by atoms with Crippen molar-refractivity contribution in [2.24, 2.45) is 17.8 Å². The molecule has 1 aromatic rings. The van der Waals surface area contributed by atoms with Gasteiger partial charge in [-0.25, -0.2) is 4.98 Å². The lowest BCUT2D eigenvalue weighted by atomic mass is 9.73. The summed E-state index contributed by atoms with van der Waals surface area (Å²) in [5.74, 6) is 1.09. The molecule has 3 unspecified atom stereocenters. The van der Waals surface area contributed by atoms with E-state index >= 15 is 0 Å². The summed E-state index contributed by atoms with van der Waals surface area (Å²) in [6.45, 7) is 5.34. The first-order valence-electron chi connectivity index (χ1n) is 7.34. The molecule has 0 aliphatic heterocycles. The highest BCUT2D eigenvalue weighted by atomic mass is 16.4. The van der Waals surface area contributed by atoms with E-state index in [0.29, 0.717) is 5.92 Å². The Hall–Kier alpha value is -1.32. The molecule has 1 fully saturated rings. The zero-order chi connectivity index (χ0) is 13.8. The highest BCUT2D eigenvalue weighted by molar-refractivity contribution is 5.70. The SMILES string of the molecule is CCCn1ccnc1CC1CC(C)CCC1C(=O)O. The zero-order valence-corrected chi connectivity index (χ0v) is 11.9. The molecule has 1 saturated carbocycles. The Kier molecular flexibility index (Phi) is 4.61. The molecule has 1 aromatic heterocycles. The molecule has 0 bridgehead atoms. The predicted octanol–water partition coefficient (Wildman–Crippen LogP) is 2.97. The molecule has 19 heavy (non-hydrogen) atoms. The third-order valence-corrected chi connectivity index (χ3v) is 4.27. The first-order chi connectivity index (χ1) is 9.11. The summed E-state index contributed by atoms with van der Waals surface area (Å²) in [7, 11) is 0.